The zero-order chi connectivity index (χ0) is 15.0. The quantitative estimate of drug-likeness (QED) is 0.834. The van der Waals surface area contributed by atoms with Gasteiger partial charge in [0.2, 0.25) is 10.0 Å². The first-order valence-electron chi connectivity index (χ1n) is 6.69. The van der Waals surface area contributed by atoms with Crippen LogP contribution < -0.4 is 5.63 Å². The van der Waals surface area contributed by atoms with Crippen molar-refractivity contribution in [1.29, 1.82) is 0 Å². The van der Waals surface area contributed by atoms with Gasteiger partial charge in [0.1, 0.15) is 5.58 Å². The molecular formula is C14H15NO5S. The second kappa shape index (κ2) is 5.25. The van der Waals surface area contributed by atoms with Crippen molar-refractivity contribution >= 4 is 21.0 Å². The molecular weight excluding hydrogens is 294 g/mol. The maximum Gasteiger partial charge on any atom is 0.336 e. The van der Waals surface area contributed by atoms with Crippen LogP contribution in [0, 0.1) is 0 Å². The van der Waals surface area contributed by atoms with Crippen LogP contribution in [0.5, 0.6) is 0 Å². The monoisotopic (exact) mass is 309 g/mol. The van der Waals surface area contributed by atoms with E-state index >= 15 is 0 Å². The van der Waals surface area contributed by atoms with E-state index in [-0.39, 0.29) is 11.4 Å². The third kappa shape index (κ3) is 2.72. The standard InChI is InChI=1S/C14H15NO5S/c16-11-2-1-7-15(9-11)21(18,19)12-4-5-13-10(8-12)3-6-14(17)20-13/h3-6,8,11,16H,1-2,7,9H2. The van der Waals surface area contributed by atoms with E-state index in [2.05, 4.69) is 0 Å². The van der Waals surface area contributed by atoms with Crippen molar-refractivity contribution in [3.63, 3.8) is 0 Å². The predicted molar refractivity (Wildman–Crippen MR) is 76.5 cm³/mol. The van der Waals surface area contributed by atoms with Gasteiger partial charge in [-0.1, -0.05) is 0 Å². The molecule has 0 saturated carbocycles. The van der Waals surface area contributed by atoms with Crippen LogP contribution in [0.2, 0.25) is 0 Å². The molecule has 7 heteroatoms. The third-order valence-electron chi connectivity index (χ3n) is 3.59. The lowest BCUT2D eigenvalue weighted by Crippen LogP contribution is -2.42. The molecule has 112 valence electrons. The van der Waals surface area contributed by atoms with Crippen molar-refractivity contribution in [3.8, 4) is 0 Å². The molecule has 1 aliphatic heterocycles. The Morgan fingerprint density at radius 3 is 2.81 bits per heavy atom. The van der Waals surface area contributed by atoms with Crippen LogP contribution in [0.15, 0.2) is 44.4 Å². The van der Waals surface area contributed by atoms with Gasteiger partial charge >= 0.3 is 5.63 Å². The number of aliphatic hydroxyl groups excluding tert-OH is 1. The molecule has 3 rings (SSSR count). The highest BCUT2D eigenvalue weighted by molar-refractivity contribution is 7.89. The van der Waals surface area contributed by atoms with Gasteiger partial charge in [-0.3, -0.25) is 0 Å². The Morgan fingerprint density at radius 2 is 2.05 bits per heavy atom. The molecule has 6 nitrogen and oxygen atoms in total. The summed E-state index contributed by atoms with van der Waals surface area (Å²) >= 11 is 0. The number of benzene rings is 1. The number of hydrogen-bond donors (Lipinski definition) is 1. The molecule has 1 atom stereocenters. The summed E-state index contributed by atoms with van der Waals surface area (Å²) in [6.45, 7) is 0.519. The van der Waals surface area contributed by atoms with E-state index in [9.17, 15) is 18.3 Å². The summed E-state index contributed by atoms with van der Waals surface area (Å²) in [6.07, 6.45) is 0.643. The summed E-state index contributed by atoms with van der Waals surface area (Å²) in [4.78, 5) is 11.3. The molecule has 1 aromatic carbocycles. The van der Waals surface area contributed by atoms with E-state index in [1.165, 1.54) is 34.6 Å². The van der Waals surface area contributed by atoms with Gasteiger partial charge in [-0.05, 0) is 37.1 Å². The van der Waals surface area contributed by atoms with Crippen molar-refractivity contribution in [2.75, 3.05) is 13.1 Å². The highest BCUT2D eigenvalue weighted by Crippen LogP contribution is 2.23. The van der Waals surface area contributed by atoms with E-state index in [4.69, 9.17) is 4.42 Å². The lowest BCUT2D eigenvalue weighted by molar-refractivity contribution is 0.108. The molecule has 1 saturated heterocycles. The molecule has 1 fully saturated rings. The topological polar surface area (TPSA) is 87.8 Å². The fourth-order valence-corrected chi connectivity index (χ4v) is 4.05. The van der Waals surface area contributed by atoms with E-state index < -0.39 is 21.8 Å². The van der Waals surface area contributed by atoms with Crippen LogP contribution in [0.25, 0.3) is 11.0 Å². The molecule has 1 aromatic heterocycles. The van der Waals surface area contributed by atoms with Crippen LogP contribution in [0.4, 0.5) is 0 Å². The molecule has 2 heterocycles. The van der Waals surface area contributed by atoms with E-state index in [1.54, 1.807) is 0 Å². The fourth-order valence-electron chi connectivity index (χ4n) is 2.50. The summed E-state index contributed by atoms with van der Waals surface area (Å²) in [7, 11) is -3.64. The van der Waals surface area contributed by atoms with Crippen LogP contribution in [0.3, 0.4) is 0 Å². The van der Waals surface area contributed by atoms with Crippen molar-refractivity contribution in [2.24, 2.45) is 0 Å². The minimum absolute atomic E-state index is 0.115. The third-order valence-corrected chi connectivity index (χ3v) is 5.45. The van der Waals surface area contributed by atoms with Gasteiger partial charge in [0, 0.05) is 24.5 Å². The number of piperidine rings is 1. The second-order valence-corrected chi connectivity index (χ2v) is 7.05. The average molecular weight is 309 g/mol. The highest BCUT2D eigenvalue weighted by atomic mass is 32.2. The summed E-state index contributed by atoms with van der Waals surface area (Å²) < 4.78 is 31.4. The SMILES string of the molecule is O=c1ccc2cc(S(=O)(=O)N3CCCC(O)C3)ccc2o1. The number of sulfonamides is 1. The zero-order valence-corrected chi connectivity index (χ0v) is 12.0. The summed E-state index contributed by atoms with van der Waals surface area (Å²) in [6, 6.07) is 7.16. The molecule has 0 spiro atoms. The van der Waals surface area contributed by atoms with Gasteiger partial charge in [0.15, 0.2) is 0 Å². The molecule has 0 bridgehead atoms. The summed E-state index contributed by atoms with van der Waals surface area (Å²) in [5.41, 5.74) is -0.127. The normalized spacial score (nSPS) is 20.7. The predicted octanol–water partition coefficient (Wildman–Crippen LogP) is 0.938. The van der Waals surface area contributed by atoms with Crippen LogP contribution in [0.1, 0.15) is 12.8 Å². The maximum atomic E-state index is 12.6. The smallest absolute Gasteiger partial charge is 0.336 e. The van der Waals surface area contributed by atoms with E-state index in [0.29, 0.717) is 30.4 Å². The molecule has 2 aromatic rings. The Bertz CT molecular complexity index is 827. The lowest BCUT2D eigenvalue weighted by Gasteiger charge is -2.29. The largest absolute Gasteiger partial charge is 0.423 e. The molecule has 0 amide bonds. The zero-order valence-electron chi connectivity index (χ0n) is 11.2. The van der Waals surface area contributed by atoms with Crippen molar-refractivity contribution in [3.05, 3.63) is 40.8 Å². The van der Waals surface area contributed by atoms with Gasteiger partial charge in [0.25, 0.3) is 0 Å². The summed E-state index contributed by atoms with van der Waals surface area (Å²) in [5, 5.41) is 10.2. The highest BCUT2D eigenvalue weighted by Gasteiger charge is 2.29. The Morgan fingerprint density at radius 1 is 1.24 bits per heavy atom. The van der Waals surface area contributed by atoms with Gasteiger partial charge in [-0.2, -0.15) is 4.31 Å². The first kappa shape index (κ1) is 14.2. The Kier molecular flexibility index (Phi) is 3.56. The second-order valence-electron chi connectivity index (χ2n) is 5.11. The lowest BCUT2D eigenvalue weighted by atomic mass is 10.1. The van der Waals surface area contributed by atoms with Crippen molar-refractivity contribution < 1.29 is 17.9 Å². The van der Waals surface area contributed by atoms with Crippen LogP contribution >= 0.6 is 0 Å². The molecule has 21 heavy (non-hydrogen) atoms. The first-order valence-corrected chi connectivity index (χ1v) is 8.13. The van der Waals surface area contributed by atoms with Gasteiger partial charge in [-0.15, -0.1) is 0 Å². The minimum atomic E-state index is -3.64. The average Bonchev–Trinajstić information content (AvgIpc) is 2.46. The van der Waals surface area contributed by atoms with Crippen LogP contribution in [-0.2, 0) is 10.0 Å². The Balaban J connectivity index is 2.02. The number of nitrogens with zero attached hydrogens (tertiary/aromatic N) is 1. The van der Waals surface area contributed by atoms with Crippen LogP contribution in [-0.4, -0.2) is 37.0 Å². The van der Waals surface area contributed by atoms with Gasteiger partial charge in [-0.25, -0.2) is 13.2 Å². The van der Waals surface area contributed by atoms with E-state index in [0.717, 1.165) is 0 Å². The minimum Gasteiger partial charge on any atom is -0.423 e. The van der Waals surface area contributed by atoms with Gasteiger partial charge < -0.3 is 9.52 Å². The molecule has 1 unspecified atom stereocenters. The molecule has 0 aliphatic carbocycles. The first-order chi connectivity index (χ1) is 9.96. The fraction of sp³-hybridized carbons (Fsp3) is 0.357. The Hall–Kier alpha value is -1.70. The maximum absolute atomic E-state index is 12.6. The number of hydrogen-bond acceptors (Lipinski definition) is 5. The molecule has 1 N–H and O–H groups in total. The van der Waals surface area contributed by atoms with Crippen molar-refractivity contribution in [1.82, 2.24) is 4.31 Å². The number of β-amino-alcohol motifs (C(OH)–C–C–N with tert-alkyl or cyclic N) is 1. The van der Waals surface area contributed by atoms with Gasteiger partial charge in [0.05, 0.1) is 11.0 Å². The number of fused-ring (bicyclic) bond motifs is 1. The Labute approximate surface area is 121 Å². The summed E-state index contributed by atoms with van der Waals surface area (Å²) in [5.74, 6) is 0. The molecule has 0 radical (unpaired) electrons. The van der Waals surface area contributed by atoms with Crippen molar-refractivity contribution in [2.45, 2.75) is 23.8 Å². The van der Waals surface area contributed by atoms with E-state index in [1.807, 2.05) is 0 Å². The number of aliphatic hydroxyl groups is 1. The molecule has 1 aliphatic rings. The number of rotatable bonds is 2.